The Hall–Kier alpha value is -0.280. The van der Waals surface area contributed by atoms with Gasteiger partial charge in [0.2, 0.25) is 0 Å². The molecule has 0 aliphatic carbocycles. The monoisotopic (exact) mass is 198 g/mol. The Morgan fingerprint density at radius 3 is 1.92 bits per heavy atom. The number of aliphatic hydroxyl groups excluding tert-OH is 5. The maximum absolute atomic E-state index is 9.12. The van der Waals surface area contributed by atoms with E-state index in [1.54, 1.807) is 0 Å². The second kappa shape index (κ2) is 4.82. The predicted molar refractivity (Wildman–Crippen MR) is 39.6 cm³/mol. The van der Waals surface area contributed by atoms with E-state index in [0.29, 0.717) is 0 Å². The van der Waals surface area contributed by atoms with Gasteiger partial charge in [0, 0.05) is 0 Å². The third kappa shape index (κ3) is 2.35. The summed E-state index contributed by atoms with van der Waals surface area (Å²) >= 11 is 0. The predicted octanol–water partition coefficient (Wildman–Crippen LogP) is -4.05. The summed E-state index contributed by atoms with van der Waals surface area (Å²) in [5.41, 5.74) is 0. The second-order valence-corrected chi connectivity index (χ2v) is 2.72. The topological polar surface area (TPSA) is 142 Å². The van der Waals surface area contributed by atoms with Crippen molar-refractivity contribution in [2.24, 2.45) is 0 Å². The van der Waals surface area contributed by atoms with Gasteiger partial charge in [0.05, 0.1) is 6.61 Å². The molecule has 0 amide bonds. The number of hydrogen-bond acceptors (Lipinski definition) is 6. The maximum Gasteiger partial charge on any atom is 0.184 e. The van der Waals surface area contributed by atoms with E-state index >= 15 is 0 Å². The van der Waals surface area contributed by atoms with Gasteiger partial charge in [0.25, 0.3) is 0 Å². The summed E-state index contributed by atoms with van der Waals surface area (Å²) in [6.45, 7) is -0.526. The molecule has 1 saturated heterocycles. The Morgan fingerprint density at radius 2 is 1.46 bits per heavy atom. The molecule has 1 aliphatic rings. The third-order valence-electron chi connectivity index (χ3n) is 1.87. The van der Waals surface area contributed by atoms with E-state index in [2.05, 4.69) is 4.74 Å². The summed E-state index contributed by atoms with van der Waals surface area (Å²) in [6.07, 6.45) is -7.04. The molecule has 5 unspecified atom stereocenters. The van der Waals surface area contributed by atoms with Crippen LogP contribution in [0.4, 0.5) is 0 Å². The highest BCUT2D eigenvalue weighted by atomic mass is 16.6. The molecule has 13 heavy (non-hydrogen) atoms. The zero-order valence-corrected chi connectivity index (χ0v) is 6.74. The molecule has 5 atom stereocenters. The third-order valence-corrected chi connectivity index (χ3v) is 1.87. The number of rotatable bonds is 1. The van der Waals surface area contributed by atoms with Gasteiger partial charge in [-0.05, 0) is 0 Å². The van der Waals surface area contributed by atoms with E-state index in [4.69, 9.17) is 25.5 Å². The molecule has 7 N–H and O–H groups in total. The quantitative estimate of drug-likeness (QED) is 0.290. The molecule has 1 aliphatic heterocycles. The van der Waals surface area contributed by atoms with Gasteiger partial charge in [-0.3, -0.25) is 0 Å². The fraction of sp³-hybridized carbons (Fsp3) is 1.00. The van der Waals surface area contributed by atoms with Crippen molar-refractivity contribution in [3.63, 3.8) is 0 Å². The molecule has 0 aromatic carbocycles. The molecule has 0 aromatic rings. The molecular weight excluding hydrogens is 184 g/mol. The van der Waals surface area contributed by atoms with Gasteiger partial charge in [-0.2, -0.15) is 0 Å². The van der Waals surface area contributed by atoms with Crippen LogP contribution in [0.25, 0.3) is 0 Å². The first-order valence-corrected chi connectivity index (χ1v) is 3.56. The van der Waals surface area contributed by atoms with Gasteiger partial charge in [0.1, 0.15) is 24.4 Å². The first kappa shape index (κ1) is 12.7. The lowest BCUT2D eigenvalue weighted by molar-refractivity contribution is -0.286. The van der Waals surface area contributed by atoms with Crippen LogP contribution in [-0.2, 0) is 4.74 Å². The van der Waals surface area contributed by atoms with Crippen molar-refractivity contribution in [3.05, 3.63) is 0 Å². The van der Waals surface area contributed by atoms with Gasteiger partial charge >= 0.3 is 0 Å². The van der Waals surface area contributed by atoms with Crippen LogP contribution in [-0.4, -0.2) is 68.3 Å². The van der Waals surface area contributed by atoms with Crippen molar-refractivity contribution in [1.29, 1.82) is 0 Å². The van der Waals surface area contributed by atoms with Crippen LogP contribution < -0.4 is 0 Å². The summed E-state index contributed by atoms with van der Waals surface area (Å²) in [5.74, 6) is 0. The Morgan fingerprint density at radius 1 is 0.923 bits per heavy atom. The van der Waals surface area contributed by atoms with E-state index in [0.717, 1.165) is 0 Å². The van der Waals surface area contributed by atoms with Crippen LogP contribution in [0.1, 0.15) is 0 Å². The summed E-state index contributed by atoms with van der Waals surface area (Å²) < 4.78 is 4.58. The lowest BCUT2D eigenvalue weighted by Crippen LogP contribution is -2.58. The van der Waals surface area contributed by atoms with Gasteiger partial charge in [-0.15, -0.1) is 0 Å². The van der Waals surface area contributed by atoms with Crippen LogP contribution in [0.3, 0.4) is 0 Å². The fourth-order valence-electron chi connectivity index (χ4n) is 1.08. The van der Waals surface area contributed by atoms with Crippen LogP contribution in [0.2, 0.25) is 0 Å². The van der Waals surface area contributed by atoms with E-state index in [1.807, 2.05) is 0 Å². The Kier molecular flexibility index (Phi) is 4.71. The number of ether oxygens (including phenoxy) is 1. The van der Waals surface area contributed by atoms with Gasteiger partial charge in [-0.25, -0.2) is 0 Å². The van der Waals surface area contributed by atoms with Gasteiger partial charge < -0.3 is 35.7 Å². The Bertz CT molecular complexity index is 147. The molecule has 1 heterocycles. The molecule has 0 aromatic heterocycles. The minimum Gasteiger partial charge on any atom is -0.412 e. The smallest absolute Gasteiger partial charge is 0.184 e. The van der Waals surface area contributed by atoms with Crippen molar-refractivity contribution in [1.82, 2.24) is 0 Å². The van der Waals surface area contributed by atoms with Crippen molar-refractivity contribution in [2.75, 3.05) is 6.61 Å². The number of hydrogen-bond donors (Lipinski definition) is 5. The average molecular weight is 198 g/mol. The van der Waals surface area contributed by atoms with Crippen molar-refractivity contribution < 1.29 is 35.7 Å². The van der Waals surface area contributed by atoms with E-state index < -0.39 is 37.3 Å². The van der Waals surface area contributed by atoms with Gasteiger partial charge in [0.15, 0.2) is 6.29 Å². The molecule has 7 nitrogen and oxygen atoms in total. The molecule has 0 saturated carbocycles. The van der Waals surface area contributed by atoms with Gasteiger partial charge in [-0.1, -0.05) is 0 Å². The standard InChI is InChI=1S/C6H12O6.H2O/c7-1-2-3(8)4(9)5(10)6(11)12-2;/h2-11H,1H2;1H2. The molecule has 7 heteroatoms. The minimum atomic E-state index is -1.57. The first-order valence-electron chi connectivity index (χ1n) is 3.56. The highest BCUT2D eigenvalue weighted by molar-refractivity contribution is 4.87. The second-order valence-electron chi connectivity index (χ2n) is 2.72. The average Bonchev–Trinajstić information content (AvgIpc) is 2.08. The first-order chi connectivity index (χ1) is 5.57. The van der Waals surface area contributed by atoms with Crippen molar-refractivity contribution in [3.8, 4) is 0 Å². The molecular formula is C6H14O7. The molecule has 1 fully saturated rings. The summed E-state index contributed by atoms with van der Waals surface area (Å²) in [7, 11) is 0. The van der Waals surface area contributed by atoms with E-state index in [1.165, 1.54) is 0 Å². The molecule has 1 rings (SSSR count). The number of aliphatic hydroxyl groups is 5. The largest absolute Gasteiger partial charge is 0.412 e. The zero-order chi connectivity index (χ0) is 9.30. The molecule has 0 bridgehead atoms. The molecule has 0 spiro atoms. The SMILES string of the molecule is O.OCC1OC(O)C(O)C(O)C1O. The zero-order valence-electron chi connectivity index (χ0n) is 6.74. The minimum absolute atomic E-state index is 0. The highest BCUT2D eigenvalue weighted by Crippen LogP contribution is 2.18. The van der Waals surface area contributed by atoms with E-state index in [-0.39, 0.29) is 5.48 Å². The fourth-order valence-corrected chi connectivity index (χ4v) is 1.08. The van der Waals surface area contributed by atoms with Crippen molar-refractivity contribution >= 4 is 0 Å². The summed E-state index contributed by atoms with van der Waals surface area (Å²) in [5, 5.41) is 44.7. The summed E-state index contributed by atoms with van der Waals surface area (Å²) in [6, 6.07) is 0. The lowest BCUT2D eigenvalue weighted by atomic mass is 10.00. The van der Waals surface area contributed by atoms with E-state index in [9.17, 15) is 0 Å². The van der Waals surface area contributed by atoms with Crippen molar-refractivity contribution in [2.45, 2.75) is 30.7 Å². The molecule has 80 valence electrons. The van der Waals surface area contributed by atoms with Crippen LogP contribution in [0.15, 0.2) is 0 Å². The highest BCUT2D eigenvalue weighted by Gasteiger charge is 2.42. The Balaban J connectivity index is 0.00000144. The lowest BCUT2D eigenvalue weighted by Gasteiger charge is -2.37. The molecule has 0 radical (unpaired) electrons. The summed E-state index contributed by atoms with van der Waals surface area (Å²) in [4.78, 5) is 0. The van der Waals surface area contributed by atoms with Crippen LogP contribution in [0.5, 0.6) is 0 Å². The van der Waals surface area contributed by atoms with Crippen LogP contribution >= 0.6 is 0 Å². The maximum atomic E-state index is 9.12. The van der Waals surface area contributed by atoms with Crippen LogP contribution in [0, 0.1) is 0 Å². The normalized spacial score (nSPS) is 45.5. The Labute approximate surface area is 74.1 Å².